The topological polar surface area (TPSA) is 15.3 Å². The van der Waals surface area contributed by atoms with Crippen LogP contribution in [0.25, 0.3) is 0 Å². The van der Waals surface area contributed by atoms with Gasteiger partial charge in [-0.1, -0.05) is 49.6 Å². The average molecular weight is 311 g/mol. The Morgan fingerprint density at radius 1 is 1.35 bits per heavy atom. The number of halogens is 1. The lowest BCUT2D eigenvalue weighted by Crippen LogP contribution is -2.46. The van der Waals surface area contributed by atoms with E-state index in [2.05, 4.69) is 17.1 Å². The molecular weight excluding hydrogens is 288 g/mol. The number of nitrogens with one attached hydrogen (secondary N) is 1. The number of hydrogen-bond donors (Lipinski definition) is 1. The molecule has 0 aromatic heterocycles. The minimum Gasteiger partial charge on any atom is -0.360 e. The molecule has 1 aromatic carbocycles. The van der Waals surface area contributed by atoms with Crippen LogP contribution in [0.3, 0.4) is 0 Å². The Hall–Kier alpha value is -0.800. The van der Waals surface area contributed by atoms with Crippen LogP contribution in [0.4, 0.5) is 0 Å². The van der Waals surface area contributed by atoms with E-state index in [4.69, 9.17) is 23.8 Å². The summed E-state index contributed by atoms with van der Waals surface area (Å²) in [6.07, 6.45) is 5.18. The molecule has 1 aromatic rings. The number of nitrogens with zero attached hydrogens (tertiary/aromatic N) is 1. The van der Waals surface area contributed by atoms with E-state index in [0.29, 0.717) is 12.0 Å². The zero-order valence-corrected chi connectivity index (χ0v) is 13.8. The molecule has 0 spiro atoms. The third-order valence-electron chi connectivity index (χ3n) is 4.13. The Morgan fingerprint density at radius 2 is 2.05 bits per heavy atom. The lowest BCUT2D eigenvalue weighted by atomic mass is 9.86. The van der Waals surface area contributed by atoms with Crippen molar-refractivity contribution < 1.29 is 0 Å². The summed E-state index contributed by atoms with van der Waals surface area (Å²) < 4.78 is 0. The van der Waals surface area contributed by atoms with E-state index < -0.39 is 0 Å². The Kier molecular flexibility index (Phi) is 5.67. The first-order valence-electron chi connectivity index (χ1n) is 7.33. The van der Waals surface area contributed by atoms with Gasteiger partial charge in [-0.15, -0.1) is 0 Å². The monoisotopic (exact) mass is 310 g/mol. The molecule has 0 bridgehead atoms. The van der Waals surface area contributed by atoms with Crippen molar-refractivity contribution in [1.82, 2.24) is 10.2 Å². The Bertz CT molecular complexity index is 464. The van der Waals surface area contributed by atoms with Crippen molar-refractivity contribution >= 4 is 28.9 Å². The van der Waals surface area contributed by atoms with Gasteiger partial charge < -0.3 is 10.2 Å². The molecule has 1 aliphatic carbocycles. The summed E-state index contributed by atoms with van der Waals surface area (Å²) in [6.45, 7) is 3.06. The van der Waals surface area contributed by atoms with Crippen molar-refractivity contribution in [3.8, 4) is 0 Å². The molecule has 110 valence electrons. The van der Waals surface area contributed by atoms with Crippen LogP contribution < -0.4 is 5.32 Å². The van der Waals surface area contributed by atoms with Gasteiger partial charge in [0.15, 0.2) is 5.11 Å². The molecule has 1 aliphatic rings. The maximum Gasteiger partial charge on any atom is 0.169 e. The number of hydrogen-bond acceptors (Lipinski definition) is 1. The lowest BCUT2D eigenvalue weighted by molar-refractivity contribution is 0.300. The smallest absolute Gasteiger partial charge is 0.169 e. The largest absolute Gasteiger partial charge is 0.360 e. The van der Waals surface area contributed by atoms with Crippen LogP contribution in [-0.4, -0.2) is 23.1 Å². The molecule has 0 amide bonds. The Balaban J connectivity index is 1.90. The number of rotatable bonds is 3. The minimum atomic E-state index is 0.518. The summed E-state index contributed by atoms with van der Waals surface area (Å²) >= 11 is 11.7. The molecule has 0 aliphatic heterocycles. The highest BCUT2D eigenvalue weighted by Crippen LogP contribution is 2.24. The molecule has 2 atom stereocenters. The van der Waals surface area contributed by atoms with Crippen LogP contribution in [0.1, 0.15) is 38.2 Å². The second-order valence-corrected chi connectivity index (χ2v) is 6.56. The van der Waals surface area contributed by atoms with Crippen LogP contribution in [0.2, 0.25) is 5.02 Å². The van der Waals surface area contributed by atoms with Gasteiger partial charge in [-0.25, -0.2) is 0 Å². The number of thiocarbonyl (C=S) groups is 1. The fourth-order valence-corrected chi connectivity index (χ4v) is 3.16. The maximum absolute atomic E-state index is 6.20. The number of benzene rings is 1. The van der Waals surface area contributed by atoms with Crippen LogP contribution >= 0.6 is 23.8 Å². The fraction of sp³-hybridized carbons (Fsp3) is 0.562. The fourth-order valence-electron chi connectivity index (χ4n) is 2.75. The average Bonchev–Trinajstić information content (AvgIpc) is 2.43. The zero-order chi connectivity index (χ0) is 14.5. The van der Waals surface area contributed by atoms with Gasteiger partial charge in [0, 0.05) is 24.7 Å². The molecule has 4 heteroatoms. The summed E-state index contributed by atoms with van der Waals surface area (Å²) in [6, 6.07) is 8.45. The normalized spacial score (nSPS) is 22.4. The van der Waals surface area contributed by atoms with Crippen molar-refractivity contribution in [2.24, 2.45) is 5.92 Å². The van der Waals surface area contributed by atoms with Gasteiger partial charge in [0.1, 0.15) is 0 Å². The highest BCUT2D eigenvalue weighted by molar-refractivity contribution is 7.80. The molecular formula is C16H23ClN2S. The Morgan fingerprint density at radius 3 is 2.75 bits per heavy atom. The van der Waals surface area contributed by atoms with E-state index in [1.807, 2.05) is 31.3 Å². The first-order chi connectivity index (χ1) is 9.58. The highest BCUT2D eigenvalue weighted by Gasteiger charge is 2.22. The first kappa shape index (κ1) is 15.6. The van der Waals surface area contributed by atoms with E-state index in [1.165, 1.54) is 25.7 Å². The second kappa shape index (κ2) is 7.28. The molecule has 2 nitrogen and oxygen atoms in total. The predicted octanol–water partition coefficient (Wildman–Crippen LogP) is 4.23. The van der Waals surface area contributed by atoms with Gasteiger partial charge >= 0.3 is 0 Å². The standard InChI is InChI=1S/C16H23ClN2S/c1-12-7-3-6-10-15(12)18-16(20)19(2)11-13-8-4-5-9-14(13)17/h4-5,8-9,12,15H,3,6-7,10-11H2,1-2H3,(H,18,20)/t12-,15-/m1/s1. The summed E-state index contributed by atoms with van der Waals surface area (Å²) in [5.41, 5.74) is 1.11. The van der Waals surface area contributed by atoms with Gasteiger partial charge in [-0.2, -0.15) is 0 Å². The second-order valence-electron chi connectivity index (χ2n) is 5.77. The highest BCUT2D eigenvalue weighted by atomic mass is 35.5. The molecule has 2 rings (SSSR count). The van der Waals surface area contributed by atoms with E-state index in [0.717, 1.165) is 22.2 Å². The summed E-state index contributed by atoms with van der Waals surface area (Å²) in [5, 5.41) is 5.14. The van der Waals surface area contributed by atoms with Crippen LogP contribution in [0.5, 0.6) is 0 Å². The van der Waals surface area contributed by atoms with E-state index in [9.17, 15) is 0 Å². The molecule has 1 N–H and O–H groups in total. The van der Waals surface area contributed by atoms with Crippen molar-refractivity contribution in [2.45, 2.75) is 45.2 Å². The van der Waals surface area contributed by atoms with Crippen molar-refractivity contribution in [3.05, 3.63) is 34.9 Å². The lowest BCUT2D eigenvalue weighted by Gasteiger charge is -2.33. The summed E-state index contributed by atoms with van der Waals surface area (Å²) in [4.78, 5) is 2.07. The third kappa shape index (κ3) is 4.10. The van der Waals surface area contributed by atoms with Gasteiger partial charge in [0.05, 0.1) is 0 Å². The summed E-state index contributed by atoms with van der Waals surface area (Å²) in [7, 11) is 2.02. The molecule has 1 saturated carbocycles. The third-order valence-corrected chi connectivity index (χ3v) is 4.93. The molecule has 0 saturated heterocycles. The predicted molar refractivity (Wildman–Crippen MR) is 90.1 cm³/mol. The summed E-state index contributed by atoms with van der Waals surface area (Å²) in [5.74, 6) is 0.704. The van der Waals surface area contributed by atoms with Gasteiger partial charge in [0.2, 0.25) is 0 Å². The first-order valence-corrected chi connectivity index (χ1v) is 8.11. The Labute approximate surface area is 132 Å². The molecule has 0 radical (unpaired) electrons. The minimum absolute atomic E-state index is 0.518. The van der Waals surface area contributed by atoms with E-state index in [-0.39, 0.29) is 0 Å². The molecule has 0 heterocycles. The van der Waals surface area contributed by atoms with Crippen LogP contribution in [0.15, 0.2) is 24.3 Å². The molecule has 20 heavy (non-hydrogen) atoms. The van der Waals surface area contributed by atoms with E-state index >= 15 is 0 Å². The molecule has 1 fully saturated rings. The molecule has 0 unspecified atom stereocenters. The van der Waals surface area contributed by atoms with Gasteiger partial charge in [0.25, 0.3) is 0 Å². The maximum atomic E-state index is 6.20. The zero-order valence-electron chi connectivity index (χ0n) is 12.2. The quantitative estimate of drug-likeness (QED) is 0.841. The van der Waals surface area contributed by atoms with Crippen molar-refractivity contribution in [3.63, 3.8) is 0 Å². The van der Waals surface area contributed by atoms with Crippen molar-refractivity contribution in [1.29, 1.82) is 0 Å². The van der Waals surface area contributed by atoms with E-state index in [1.54, 1.807) is 0 Å². The van der Waals surface area contributed by atoms with Gasteiger partial charge in [-0.3, -0.25) is 0 Å². The van der Waals surface area contributed by atoms with Crippen LogP contribution in [0, 0.1) is 5.92 Å². The van der Waals surface area contributed by atoms with Crippen molar-refractivity contribution in [2.75, 3.05) is 7.05 Å². The SMILES string of the molecule is C[C@@H]1CCCC[C@H]1NC(=S)N(C)Cc1ccccc1Cl. The van der Waals surface area contributed by atoms with Crippen LogP contribution in [-0.2, 0) is 6.54 Å². The van der Waals surface area contributed by atoms with Gasteiger partial charge in [-0.05, 0) is 42.6 Å².